The van der Waals surface area contributed by atoms with Gasteiger partial charge in [0, 0.05) is 17.9 Å². The fourth-order valence-corrected chi connectivity index (χ4v) is 4.66. The number of rotatable bonds is 4. The van der Waals surface area contributed by atoms with Crippen molar-refractivity contribution in [2.45, 2.75) is 89.8 Å². The van der Waals surface area contributed by atoms with Gasteiger partial charge in [0.15, 0.2) is 11.4 Å². The van der Waals surface area contributed by atoms with Crippen molar-refractivity contribution in [2.75, 3.05) is 0 Å². The first-order chi connectivity index (χ1) is 12.3. The zero-order valence-corrected chi connectivity index (χ0v) is 16.9. The number of ether oxygens (including phenoxy) is 2. The maximum absolute atomic E-state index is 12.7. The minimum Gasteiger partial charge on any atom is -0.457 e. The molecule has 2 aliphatic carbocycles. The van der Waals surface area contributed by atoms with E-state index >= 15 is 0 Å². The van der Waals surface area contributed by atoms with Gasteiger partial charge in [-0.15, -0.1) is 0 Å². The largest absolute Gasteiger partial charge is 0.457 e. The second kappa shape index (κ2) is 6.11. The van der Waals surface area contributed by atoms with Crippen LogP contribution < -0.4 is 0 Å². The van der Waals surface area contributed by atoms with E-state index in [0.29, 0.717) is 18.4 Å². The van der Waals surface area contributed by atoms with E-state index in [1.54, 1.807) is 40.7 Å². The molecule has 1 saturated carbocycles. The third-order valence-electron chi connectivity index (χ3n) is 6.88. The molecule has 7 nitrogen and oxygen atoms in total. The van der Waals surface area contributed by atoms with E-state index in [1.807, 2.05) is 6.92 Å². The molecule has 1 heterocycles. The quantitative estimate of drug-likeness (QED) is 0.333. The Balaban J connectivity index is 1.91. The van der Waals surface area contributed by atoms with E-state index in [-0.39, 0.29) is 18.3 Å². The maximum atomic E-state index is 12.7. The van der Waals surface area contributed by atoms with Crippen LogP contribution in [0.1, 0.15) is 60.8 Å². The summed E-state index contributed by atoms with van der Waals surface area (Å²) in [5.41, 5.74) is -3.62. The molecule has 0 aromatic carbocycles. The minimum absolute atomic E-state index is 0.105. The van der Waals surface area contributed by atoms with E-state index in [0.717, 1.165) is 0 Å². The van der Waals surface area contributed by atoms with Gasteiger partial charge < -0.3 is 14.6 Å². The number of epoxide rings is 1. The van der Waals surface area contributed by atoms with Gasteiger partial charge in [-0.2, -0.15) is 0 Å². The summed E-state index contributed by atoms with van der Waals surface area (Å²) in [6, 6.07) is 0. The second-order valence-electron chi connectivity index (χ2n) is 9.44. The van der Waals surface area contributed by atoms with Crippen LogP contribution in [0, 0.1) is 11.3 Å². The van der Waals surface area contributed by atoms with E-state index in [1.165, 1.54) is 0 Å². The topological polar surface area (TPSA) is 106 Å². The molecule has 6 atom stereocenters. The second-order valence-corrected chi connectivity index (χ2v) is 9.44. The molecule has 7 heteroatoms. The first kappa shape index (κ1) is 20.5. The highest BCUT2D eigenvalue weighted by Crippen LogP contribution is 2.54. The zero-order valence-electron chi connectivity index (χ0n) is 16.9. The van der Waals surface area contributed by atoms with Crippen molar-refractivity contribution in [1.29, 1.82) is 0 Å². The summed E-state index contributed by atoms with van der Waals surface area (Å²) in [6.07, 6.45) is 2.12. The molecule has 1 aliphatic heterocycles. The maximum Gasteiger partial charge on any atom is 0.341 e. The predicted molar refractivity (Wildman–Crippen MR) is 95.8 cm³/mol. The lowest BCUT2D eigenvalue weighted by molar-refractivity contribution is -0.300. The summed E-state index contributed by atoms with van der Waals surface area (Å²) in [7, 11) is 0. The molecule has 0 spiro atoms. The van der Waals surface area contributed by atoms with Gasteiger partial charge in [0.05, 0.1) is 6.10 Å². The summed E-state index contributed by atoms with van der Waals surface area (Å²) < 4.78 is 11.0. The molecule has 27 heavy (non-hydrogen) atoms. The highest BCUT2D eigenvalue weighted by Gasteiger charge is 2.61. The lowest BCUT2D eigenvalue weighted by Crippen LogP contribution is -2.59. The molecule has 0 radical (unpaired) electrons. The number of hydrogen-bond donors (Lipinski definition) is 2. The Morgan fingerprint density at radius 3 is 2.44 bits per heavy atom. The number of Topliss-reactive ketones (excluding diaryl/α,β-unsaturated/α-hetero) is 1. The normalized spacial score (nSPS) is 44.4. The molecule has 0 aromatic heterocycles. The predicted octanol–water partition coefficient (Wildman–Crippen LogP) is 2.41. The molecule has 0 bridgehead atoms. The Hall–Kier alpha value is -1.28. The van der Waals surface area contributed by atoms with Crippen LogP contribution in [-0.2, 0) is 24.0 Å². The summed E-state index contributed by atoms with van der Waals surface area (Å²) in [5, 5.41) is 20.6. The smallest absolute Gasteiger partial charge is 0.341 e. The highest BCUT2D eigenvalue weighted by molar-refractivity contribution is 5.98. The van der Waals surface area contributed by atoms with Gasteiger partial charge >= 0.3 is 5.97 Å². The molecule has 152 valence electrons. The van der Waals surface area contributed by atoms with E-state index in [4.69, 9.17) is 9.47 Å². The van der Waals surface area contributed by atoms with Crippen molar-refractivity contribution >= 4 is 11.8 Å². The zero-order chi connectivity index (χ0) is 20.4. The van der Waals surface area contributed by atoms with Gasteiger partial charge in [0.25, 0.3) is 0 Å². The van der Waals surface area contributed by atoms with Crippen LogP contribution in [0.5, 0.6) is 0 Å². The van der Waals surface area contributed by atoms with Crippen LogP contribution in [0.15, 0.2) is 11.6 Å². The van der Waals surface area contributed by atoms with Crippen molar-refractivity contribution in [3.63, 3.8) is 0 Å². The number of carbonyl (C=O) groups excluding carboxylic acids is 2. The molecular weight excluding hydrogens is 352 g/mol. The molecule has 3 aliphatic rings. The third kappa shape index (κ3) is 3.14. The van der Waals surface area contributed by atoms with Crippen molar-refractivity contribution in [3.8, 4) is 0 Å². The van der Waals surface area contributed by atoms with Crippen molar-refractivity contribution in [3.05, 3.63) is 11.6 Å². The number of carbonyl (C=O) groups is 2. The molecular formula is C20H30O7. The fraction of sp³-hybridized carbons (Fsp3) is 0.800. The van der Waals surface area contributed by atoms with Crippen molar-refractivity contribution < 1.29 is 34.3 Å². The summed E-state index contributed by atoms with van der Waals surface area (Å²) >= 11 is 0. The highest BCUT2D eigenvalue weighted by atomic mass is 17.1. The standard InChI is InChI=1S/C20H30O7/c1-11-20(6,26-11)16(22)25-15-7-8-18(4)10-13(21)12(17(2,3)27-24)9-14(18)19(15,5)23/h9,11,14-15,23-24H,7-8,10H2,1-6H3/t11-,14-,15-,18-,19+,20-/m1/s1. The first-order valence-corrected chi connectivity index (χ1v) is 9.47. The Morgan fingerprint density at radius 2 is 1.93 bits per heavy atom. The summed E-state index contributed by atoms with van der Waals surface area (Å²) in [5.74, 6) is -1.00. The molecule has 0 aromatic rings. The van der Waals surface area contributed by atoms with E-state index in [2.05, 4.69) is 4.89 Å². The van der Waals surface area contributed by atoms with Gasteiger partial charge in [-0.3, -0.25) is 10.1 Å². The Bertz CT molecular complexity index is 694. The Labute approximate surface area is 159 Å². The number of esters is 1. The average molecular weight is 382 g/mol. The Kier molecular flexibility index (Phi) is 4.63. The molecule has 0 unspecified atom stereocenters. The number of fused-ring (bicyclic) bond motifs is 1. The molecule has 2 fully saturated rings. The Morgan fingerprint density at radius 1 is 1.33 bits per heavy atom. The van der Waals surface area contributed by atoms with Crippen LogP contribution in [0.4, 0.5) is 0 Å². The van der Waals surface area contributed by atoms with Crippen molar-refractivity contribution in [1.82, 2.24) is 0 Å². The summed E-state index contributed by atoms with van der Waals surface area (Å²) in [6.45, 7) is 10.3. The van der Waals surface area contributed by atoms with Gasteiger partial charge in [-0.1, -0.05) is 13.0 Å². The lowest BCUT2D eigenvalue weighted by atomic mass is 9.54. The van der Waals surface area contributed by atoms with Gasteiger partial charge in [0.2, 0.25) is 0 Å². The van der Waals surface area contributed by atoms with E-state index < -0.39 is 40.2 Å². The first-order valence-electron chi connectivity index (χ1n) is 9.47. The van der Waals surface area contributed by atoms with Gasteiger partial charge in [0.1, 0.15) is 17.3 Å². The number of ketones is 1. The third-order valence-corrected chi connectivity index (χ3v) is 6.88. The van der Waals surface area contributed by atoms with Crippen molar-refractivity contribution in [2.24, 2.45) is 11.3 Å². The summed E-state index contributed by atoms with van der Waals surface area (Å²) in [4.78, 5) is 29.6. The number of hydrogen-bond acceptors (Lipinski definition) is 7. The van der Waals surface area contributed by atoms with Crippen LogP contribution in [0.3, 0.4) is 0 Å². The minimum atomic E-state index is -1.37. The fourth-order valence-electron chi connectivity index (χ4n) is 4.66. The molecule has 0 amide bonds. The van der Waals surface area contributed by atoms with E-state index in [9.17, 15) is 20.0 Å². The number of aliphatic hydroxyl groups is 1. The molecule has 1 saturated heterocycles. The van der Waals surface area contributed by atoms with Crippen LogP contribution in [0.25, 0.3) is 0 Å². The molecule has 2 N–H and O–H groups in total. The van der Waals surface area contributed by atoms with Crippen LogP contribution in [-0.4, -0.2) is 51.1 Å². The lowest BCUT2D eigenvalue weighted by Gasteiger charge is -2.54. The van der Waals surface area contributed by atoms with Crippen LogP contribution >= 0.6 is 0 Å². The monoisotopic (exact) mass is 382 g/mol. The van der Waals surface area contributed by atoms with Gasteiger partial charge in [-0.05, 0) is 52.9 Å². The van der Waals surface area contributed by atoms with Crippen LogP contribution in [0.2, 0.25) is 0 Å². The SMILES string of the molecule is C[C@H]1O[C@@]1(C)C(=O)O[C@@H]1CC[C@]2(C)CC(=O)C(C(C)(C)OO)=C[C@H]2[C@]1(C)O. The van der Waals surface area contributed by atoms with Gasteiger partial charge in [-0.25, -0.2) is 9.68 Å². The average Bonchev–Trinajstić information content (AvgIpc) is 3.17. The molecule has 3 rings (SSSR count).